The van der Waals surface area contributed by atoms with E-state index in [1.807, 2.05) is 12.1 Å². The Bertz CT molecular complexity index is 916. The molecule has 1 N–H and O–H groups in total. The van der Waals surface area contributed by atoms with Gasteiger partial charge >= 0.3 is 5.97 Å². The topological polar surface area (TPSA) is 89.9 Å². The minimum atomic E-state index is -0.466. The molecule has 0 amide bonds. The van der Waals surface area contributed by atoms with Gasteiger partial charge in [0.05, 0.1) is 29.3 Å². The minimum Gasteiger partial charge on any atom is -0.462 e. The van der Waals surface area contributed by atoms with Gasteiger partial charge in [-0.1, -0.05) is 0 Å². The Labute approximate surface area is 138 Å². The van der Waals surface area contributed by atoms with Crippen molar-refractivity contribution in [2.45, 2.75) is 6.92 Å². The smallest absolute Gasteiger partial charge is 0.341 e. The van der Waals surface area contributed by atoms with Gasteiger partial charge in [-0.15, -0.1) is 0 Å². The average molecular weight is 410 g/mol. The molecule has 22 heavy (non-hydrogen) atoms. The Morgan fingerprint density at radius 3 is 3.05 bits per heavy atom. The molecule has 2 heterocycles. The molecule has 1 aromatic carbocycles. The number of halogens is 1. The molecule has 0 bridgehead atoms. The molecule has 8 heteroatoms. The number of rotatable bonds is 3. The van der Waals surface area contributed by atoms with Gasteiger partial charge in [0.1, 0.15) is 0 Å². The monoisotopic (exact) mass is 410 g/mol. The summed E-state index contributed by atoms with van der Waals surface area (Å²) in [6.45, 7) is 2.01. The zero-order valence-electron chi connectivity index (χ0n) is 11.5. The number of hydrogen-bond donors (Lipinski definition) is 1. The van der Waals surface area contributed by atoms with Crippen LogP contribution in [0, 0.1) is 3.57 Å². The lowest BCUT2D eigenvalue weighted by atomic mass is 10.2. The molecule has 0 atom stereocenters. The average Bonchev–Trinajstić information content (AvgIpc) is 2.96. The van der Waals surface area contributed by atoms with Crippen LogP contribution in [0.5, 0.6) is 0 Å². The lowest BCUT2D eigenvalue weighted by Crippen LogP contribution is -2.14. The maximum absolute atomic E-state index is 12.1. The summed E-state index contributed by atoms with van der Waals surface area (Å²) in [6, 6.07) is 5.37. The van der Waals surface area contributed by atoms with E-state index < -0.39 is 5.97 Å². The number of carbonyl (C=O) groups excluding carboxylic acids is 1. The summed E-state index contributed by atoms with van der Waals surface area (Å²) in [5, 5.41) is 4.54. The quantitative estimate of drug-likeness (QED) is 0.526. The van der Waals surface area contributed by atoms with Crippen LogP contribution in [0.15, 0.2) is 35.4 Å². The first-order valence-electron chi connectivity index (χ1n) is 6.50. The summed E-state index contributed by atoms with van der Waals surface area (Å²) in [5.41, 5.74) is 0.607. The van der Waals surface area contributed by atoms with Crippen molar-refractivity contribution in [2.24, 2.45) is 0 Å². The lowest BCUT2D eigenvalue weighted by molar-refractivity contribution is 0.0526. The maximum atomic E-state index is 12.1. The van der Waals surface area contributed by atoms with Crippen LogP contribution in [0.4, 0.5) is 0 Å². The molecule has 0 aliphatic carbocycles. The predicted molar refractivity (Wildman–Crippen MR) is 88.2 cm³/mol. The van der Waals surface area contributed by atoms with Crippen LogP contribution >= 0.6 is 22.6 Å². The lowest BCUT2D eigenvalue weighted by Gasteiger charge is -2.03. The molecular weight excluding hydrogens is 399 g/mol. The number of nitrogens with zero attached hydrogens (tertiary/aromatic N) is 3. The van der Waals surface area contributed by atoms with Crippen molar-refractivity contribution in [3.8, 4) is 5.95 Å². The number of nitrogens with one attached hydrogen (secondary N) is 1. The highest BCUT2D eigenvalue weighted by Gasteiger charge is 2.12. The Morgan fingerprint density at radius 2 is 2.27 bits per heavy atom. The molecule has 2 aromatic heterocycles. The molecule has 0 unspecified atom stereocenters. The van der Waals surface area contributed by atoms with Crippen molar-refractivity contribution in [2.75, 3.05) is 6.61 Å². The van der Waals surface area contributed by atoms with Crippen LogP contribution in [0.25, 0.3) is 16.9 Å². The van der Waals surface area contributed by atoms with Gasteiger partial charge in [0.25, 0.3) is 5.56 Å². The van der Waals surface area contributed by atoms with Crippen LogP contribution in [0.3, 0.4) is 0 Å². The molecule has 0 aliphatic rings. The second-order valence-corrected chi connectivity index (χ2v) is 5.69. The first kappa shape index (κ1) is 14.7. The van der Waals surface area contributed by atoms with Gasteiger partial charge in [0.2, 0.25) is 5.95 Å². The number of esters is 1. The Hall–Kier alpha value is -2.23. The van der Waals surface area contributed by atoms with E-state index in [9.17, 15) is 9.59 Å². The molecule has 0 spiro atoms. The van der Waals surface area contributed by atoms with Crippen molar-refractivity contribution in [3.63, 3.8) is 0 Å². The van der Waals surface area contributed by atoms with Crippen molar-refractivity contribution in [3.05, 3.63) is 50.1 Å². The molecule has 3 aromatic rings. The van der Waals surface area contributed by atoms with Gasteiger partial charge in [-0.2, -0.15) is 5.10 Å². The van der Waals surface area contributed by atoms with Gasteiger partial charge in [-0.3, -0.25) is 9.78 Å². The third kappa shape index (κ3) is 2.73. The number of fused-ring (bicyclic) bond motifs is 1. The molecule has 0 aliphatic heterocycles. The van der Waals surface area contributed by atoms with E-state index in [-0.39, 0.29) is 18.1 Å². The summed E-state index contributed by atoms with van der Waals surface area (Å²) >= 11 is 2.15. The number of aromatic amines is 1. The molecule has 0 radical (unpaired) electrons. The first-order chi connectivity index (χ1) is 10.6. The van der Waals surface area contributed by atoms with Crippen LogP contribution in [0.2, 0.25) is 0 Å². The maximum Gasteiger partial charge on any atom is 0.341 e. The fourth-order valence-electron chi connectivity index (χ4n) is 1.97. The Kier molecular flexibility index (Phi) is 3.92. The number of ether oxygens (including phenoxy) is 1. The Balaban J connectivity index is 2.07. The van der Waals surface area contributed by atoms with Crippen LogP contribution in [-0.4, -0.2) is 32.3 Å². The van der Waals surface area contributed by atoms with E-state index in [4.69, 9.17) is 4.74 Å². The number of H-pyrrole nitrogens is 1. The second-order valence-electron chi connectivity index (χ2n) is 4.45. The highest BCUT2D eigenvalue weighted by molar-refractivity contribution is 14.1. The largest absolute Gasteiger partial charge is 0.462 e. The van der Waals surface area contributed by atoms with Crippen LogP contribution in [0.1, 0.15) is 17.3 Å². The Morgan fingerprint density at radius 1 is 1.45 bits per heavy atom. The summed E-state index contributed by atoms with van der Waals surface area (Å²) in [6.07, 6.45) is 2.84. The third-order valence-electron chi connectivity index (χ3n) is 2.97. The summed E-state index contributed by atoms with van der Waals surface area (Å²) < 4.78 is 7.22. The van der Waals surface area contributed by atoms with Crippen LogP contribution < -0.4 is 5.56 Å². The minimum absolute atomic E-state index is 0.245. The van der Waals surface area contributed by atoms with Crippen molar-refractivity contribution in [1.29, 1.82) is 0 Å². The second kappa shape index (κ2) is 5.87. The number of aromatic nitrogens is 4. The van der Waals surface area contributed by atoms with E-state index in [1.54, 1.807) is 13.0 Å². The van der Waals surface area contributed by atoms with Gasteiger partial charge in [0.15, 0.2) is 0 Å². The molecule has 0 saturated heterocycles. The van der Waals surface area contributed by atoms with Crippen LogP contribution in [-0.2, 0) is 4.74 Å². The van der Waals surface area contributed by atoms with E-state index in [0.29, 0.717) is 16.5 Å². The number of carbonyl (C=O) groups is 1. The van der Waals surface area contributed by atoms with Crippen molar-refractivity contribution < 1.29 is 9.53 Å². The van der Waals surface area contributed by atoms with Gasteiger partial charge in [-0.05, 0) is 47.7 Å². The van der Waals surface area contributed by atoms with E-state index >= 15 is 0 Å². The normalized spacial score (nSPS) is 10.8. The van der Waals surface area contributed by atoms with Crippen molar-refractivity contribution >= 4 is 39.5 Å². The molecular formula is C14H11IN4O3. The zero-order chi connectivity index (χ0) is 15.7. The van der Waals surface area contributed by atoms with E-state index in [2.05, 4.69) is 37.7 Å². The predicted octanol–water partition coefficient (Wildman–Crippen LogP) is 1.89. The number of hydrogen-bond acceptors (Lipinski definition) is 5. The van der Waals surface area contributed by atoms with E-state index in [0.717, 1.165) is 3.57 Å². The molecule has 0 saturated carbocycles. The van der Waals surface area contributed by atoms with Gasteiger partial charge in [0, 0.05) is 9.77 Å². The SMILES string of the molecule is CCOC(=O)c1cnn(-c2nc3cc(I)ccc3c(=O)[nH]2)c1. The van der Waals surface area contributed by atoms with Gasteiger partial charge < -0.3 is 4.74 Å². The summed E-state index contributed by atoms with van der Waals surface area (Å²) in [4.78, 5) is 30.8. The molecule has 7 nitrogen and oxygen atoms in total. The zero-order valence-corrected chi connectivity index (χ0v) is 13.7. The molecule has 0 fully saturated rings. The van der Waals surface area contributed by atoms with Gasteiger partial charge in [-0.25, -0.2) is 14.5 Å². The fraction of sp³-hybridized carbons (Fsp3) is 0.143. The highest BCUT2D eigenvalue weighted by Crippen LogP contribution is 2.13. The fourth-order valence-corrected chi connectivity index (χ4v) is 2.44. The number of benzene rings is 1. The summed E-state index contributed by atoms with van der Waals surface area (Å²) in [5.74, 6) is -0.221. The standard InChI is InChI=1S/C14H11IN4O3/c1-2-22-13(21)8-6-16-19(7-8)14-17-11-5-9(15)3-4-10(11)12(20)18-14/h3-7H,2H2,1H3,(H,17,18,20). The highest BCUT2D eigenvalue weighted by atomic mass is 127. The van der Waals surface area contributed by atoms with Crippen molar-refractivity contribution in [1.82, 2.24) is 19.7 Å². The molecule has 3 rings (SSSR count). The van der Waals surface area contributed by atoms with E-state index in [1.165, 1.54) is 17.1 Å². The first-order valence-corrected chi connectivity index (χ1v) is 7.58. The third-order valence-corrected chi connectivity index (χ3v) is 3.64. The molecule has 112 valence electrons. The summed E-state index contributed by atoms with van der Waals surface area (Å²) in [7, 11) is 0.